The number of nitrogens with zero attached hydrogens (tertiary/aromatic N) is 2. The van der Waals surface area contributed by atoms with Crippen molar-refractivity contribution in [3.05, 3.63) is 22.4 Å². The van der Waals surface area contributed by atoms with E-state index >= 15 is 0 Å². The van der Waals surface area contributed by atoms with Gasteiger partial charge in [0.25, 0.3) is 0 Å². The van der Waals surface area contributed by atoms with E-state index < -0.39 is 10.0 Å². The van der Waals surface area contributed by atoms with Crippen LogP contribution in [0.5, 0.6) is 0 Å². The normalized spacial score (nSPS) is 19.0. The van der Waals surface area contributed by atoms with E-state index in [0.717, 1.165) is 13.0 Å². The summed E-state index contributed by atoms with van der Waals surface area (Å²) >= 11 is 1.75. The van der Waals surface area contributed by atoms with E-state index in [2.05, 4.69) is 47.0 Å². The highest BCUT2D eigenvalue weighted by Gasteiger charge is 2.27. The van der Waals surface area contributed by atoms with E-state index in [0.29, 0.717) is 25.6 Å². The van der Waals surface area contributed by atoms with Gasteiger partial charge >= 0.3 is 0 Å². The Morgan fingerprint density at radius 1 is 1.43 bits per heavy atom. The monoisotopic (exact) mass is 358 g/mol. The molecule has 130 valence electrons. The summed E-state index contributed by atoms with van der Waals surface area (Å²) in [6.45, 7) is 6.80. The quantitative estimate of drug-likeness (QED) is 0.592. The van der Waals surface area contributed by atoms with Gasteiger partial charge in [-0.1, -0.05) is 19.9 Å². The molecule has 1 aliphatic heterocycles. The highest BCUT2D eigenvalue weighted by molar-refractivity contribution is 7.89. The number of hydrogen-bond donors (Lipinski definition) is 2. The van der Waals surface area contributed by atoms with Crippen molar-refractivity contribution in [2.75, 3.05) is 39.0 Å². The fraction of sp³-hybridized carbons (Fsp3) is 0.667. The van der Waals surface area contributed by atoms with E-state index in [9.17, 15) is 8.42 Å². The maximum absolute atomic E-state index is 11.7. The van der Waals surface area contributed by atoms with Gasteiger partial charge in [0.1, 0.15) is 0 Å². The second kappa shape index (κ2) is 7.63. The minimum Gasteiger partial charge on any atom is -0.356 e. The van der Waals surface area contributed by atoms with Gasteiger partial charge in [0.05, 0.1) is 5.75 Å². The Labute approximate surface area is 143 Å². The summed E-state index contributed by atoms with van der Waals surface area (Å²) < 4.78 is 25.0. The first-order valence-electron chi connectivity index (χ1n) is 7.81. The van der Waals surface area contributed by atoms with Crippen molar-refractivity contribution in [3.8, 4) is 0 Å². The predicted octanol–water partition coefficient (Wildman–Crippen LogP) is 1.23. The number of nitrogens with one attached hydrogen (secondary N) is 2. The zero-order valence-electron chi connectivity index (χ0n) is 14.0. The third kappa shape index (κ3) is 4.92. The lowest BCUT2D eigenvalue weighted by Crippen LogP contribution is -2.45. The highest BCUT2D eigenvalue weighted by Crippen LogP contribution is 2.26. The SMILES string of the molecule is CN=C(NCCN1CCCS1(=O)=O)NCC(C)(C)c1cccs1. The summed E-state index contributed by atoms with van der Waals surface area (Å²) in [4.78, 5) is 5.53. The molecule has 2 rings (SSSR count). The lowest BCUT2D eigenvalue weighted by Gasteiger charge is -2.25. The van der Waals surface area contributed by atoms with Crippen LogP contribution in [0.1, 0.15) is 25.1 Å². The van der Waals surface area contributed by atoms with E-state index in [1.54, 1.807) is 22.7 Å². The van der Waals surface area contributed by atoms with Crippen LogP contribution in [-0.4, -0.2) is 57.7 Å². The van der Waals surface area contributed by atoms with Crippen LogP contribution in [0.3, 0.4) is 0 Å². The van der Waals surface area contributed by atoms with Crippen LogP contribution in [0, 0.1) is 0 Å². The van der Waals surface area contributed by atoms with Gasteiger partial charge in [-0.25, -0.2) is 12.7 Å². The Morgan fingerprint density at radius 2 is 2.22 bits per heavy atom. The molecule has 0 atom stereocenters. The molecule has 1 aromatic rings. The summed E-state index contributed by atoms with van der Waals surface area (Å²) in [5.74, 6) is 0.973. The second-order valence-electron chi connectivity index (χ2n) is 6.28. The Balaban J connectivity index is 1.78. The number of sulfonamides is 1. The largest absolute Gasteiger partial charge is 0.356 e. The van der Waals surface area contributed by atoms with Crippen molar-refractivity contribution in [1.29, 1.82) is 0 Å². The van der Waals surface area contributed by atoms with E-state index in [1.807, 2.05) is 0 Å². The zero-order chi connectivity index (χ0) is 16.9. The number of rotatable bonds is 6. The van der Waals surface area contributed by atoms with Crippen molar-refractivity contribution >= 4 is 27.3 Å². The molecule has 1 fully saturated rings. The molecule has 0 aliphatic carbocycles. The summed E-state index contributed by atoms with van der Waals surface area (Å²) in [7, 11) is -1.30. The molecule has 0 aromatic carbocycles. The molecule has 0 radical (unpaired) electrons. The van der Waals surface area contributed by atoms with Crippen molar-refractivity contribution in [3.63, 3.8) is 0 Å². The number of thiophene rings is 1. The molecule has 2 N–H and O–H groups in total. The average Bonchev–Trinajstić information content (AvgIpc) is 3.13. The lowest BCUT2D eigenvalue weighted by molar-refractivity contribution is 0.444. The summed E-state index contributed by atoms with van der Waals surface area (Å²) in [5.41, 5.74) is 0.0179. The maximum atomic E-state index is 11.7. The molecular weight excluding hydrogens is 332 g/mol. The van der Waals surface area contributed by atoms with E-state index in [-0.39, 0.29) is 11.2 Å². The molecule has 1 aliphatic rings. The van der Waals surface area contributed by atoms with Gasteiger partial charge in [0.15, 0.2) is 5.96 Å². The van der Waals surface area contributed by atoms with Crippen LogP contribution in [0.15, 0.2) is 22.5 Å². The van der Waals surface area contributed by atoms with Gasteiger partial charge in [-0.3, -0.25) is 4.99 Å². The molecular formula is C15H26N4O2S2. The Bertz CT molecular complexity index is 624. The van der Waals surface area contributed by atoms with Gasteiger partial charge in [-0.15, -0.1) is 11.3 Å². The molecule has 0 amide bonds. The first kappa shape index (κ1) is 18.2. The zero-order valence-corrected chi connectivity index (χ0v) is 15.6. The molecule has 2 heterocycles. The molecule has 0 unspecified atom stereocenters. The highest BCUT2D eigenvalue weighted by atomic mass is 32.2. The molecule has 0 saturated carbocycles. The predicted molar refractivity (Wildman–Crippen MR) is 96.7 cm³/mol. The van der Waals surface area contributed by atoms with Crippen LogP contribution in [0.4, 0.5) is 0 Å². The maximum Gasteiger partial charge on any atom is 0.214 e. The summed E-state index contributed by atoms with van der Waals surface area (Å²) in [6, 6.07) is 4.20. The van der Waals surface area contributed by atoms with Gasteiger partial charge < -0.3 is 10.6 Å². The smallest absolute Gasteiger partial charge is 0.214 e. The fourth-order valence-corrected chi connectivity index (χ4v) is 4.90. The first-order valence-corrected chi connectivity index (χ1v) is 10.3. The fourth-order valence-electron chi connectivity index (χ4n) is 2.52. The van der Waals surface area contributed by atoms with Crippen molar-refractivity contribution in [1.82, 2.24) is 14.9 Å². The third-order valence-corrected chi connectivity index (χ3v) is 7.16. The molecule has 6 nitrogen and oxygen atoms in total. The molecule has 0 bridgehead atoms. The third-order valence-electron chi connectivity index (χ3n) is 3.97. The van der Waals surface area contributed by atoms with Crippen LogP contribution >= 0.6 is 11.3 Å². The van der Waals surface area contributed by atoms with Crippen LogP contribution in [0.25, 0.3) is 0 Å². The van der Waals surface area contributed by atoms with Crippen LogP contribution in [0.2, 0.25) is 0 Å². The van der Waals surface area contributed by atoms with Gasteiger partial charge in [0.2, 0.25) is 10.0 Å². The number of guanidine groups is 1. The van der Waals surface area contributed by atoms with Gasteiger partial charge in [-0.05, 0) is 17.9 Å². The summed E-state index contributed by atoms with van der Waals surface area (Å²) in [5, 5.41) is 8.59. The minimum atomic E-state index is -3.02. The van der Waals surface area contributed by atoms with Crippen LogP contribution in [-0.2, 0) is 15.4 Å². The molecule has 23 heavy (non-hydrogen) atoms. The molecule has 8 heteroatoms. The standard InChI is InChI=1S/C15H26N4O2S2/c1-15(2,13-6-4-10-22-13)12-18-14(16-3)17-7-9-19-8-5-11-23(19,20)21/h4,6,10H,5,7-9,11-12H2,1-3H3,(H2,16,17,18). The van der Waals surface area contributed by atoms with Crippen molar-refractivity contribution < 1.29 is 8.42 Å². The topological polar surface area (TPSA) is 73.8 Å². The Kier molecular flexibility index (Phi) is 6.05. The minimum absolute atomic E-state index is 0.0179. The first-order chi connectivity index (χ1) is 10.8. The number of aliphatic imine (C=N–C) groups is 1. The van der Waals surface area contributed by atoms with Crippen molar-refractivity contribution in [2.24, 2.45) is 4.99 Å². The van der Waals surface area contributed by atoms with Gasteiger partial charge in [-0.2, -0.15) is 0 Å². The molecule has 1 aromatic heterocycles. The molecule has 0 spiro atoms. The average molecular weight is 359 g/mol. The second-order valence-corrected chi connectivity index (χ2v) is 9.32. The number of hydrogen-bond acceptors (Lipinski definition) is 4. The van der Waals surface area contributed by atoms with E-state index in [1.165, 1.54) is 4.88 Å². The summed E-state index contributed by atoms with van der Waals surface area (Å²) in [6.07, 6.45) is 0.726. The van der Waals surface area contributed by atoms with E-state index in [4.69, 9.17) is 0 Å². The Morgan fingerprint density at radius 3 is 2.78 bits per heavy atom. The van der Waals surface area contributed by atoms with Crippen LogP contribution < -0.4 is 10.6 Å². The lowest BCUT2D eigenvalue weighted by atomic mass is 9.91. The van der Waals surface area contributed by atoms with Crippen molar-refractivity contribution in [2.45, 2.75) is 25.7 Å². The van der Waals surface area contributed by atoms with Gasteiger partial charge in [0, 0.05) is 43.5 Å². The Hall–Kier alpha value is -1.12. The molecule has 1 saturated heterocycles.